The fourth-order valence-corrected chi connectivity index (χ4v) is 1.49. The lowest BCUT2D eigenvalue weighted by Crippen LogP contribution is -1.99. The van der Waals surface area contributed by atoms with Crippen molar-refractivity contribution < 1.29 is 0 Å². The zero-order valence-electron chi connectivity index (χ0n) is 7.09. The maximum Gasteiger partial charge on any atom is 0.0513 e. The van der Waals surface area contributed by atoms with E-state index in [9.17, 15) is 0 Å². The topological polar surface area (TPSA) is 3.24 Å². The first-order chi connectivity index (χ1) is 4.63. The fourth-order valence-electron chi connectivity index (χ4n) is 0.361. The molecule has 0 fully saturated rings. The van der Waals surface area contributed by atoms with Gasteiger partial charge in [0.15, 0.2) is 0 Å². The molecule has 10 heavy (non-hydrogen) atoms. The summed E-state index contributed by atoms with van der Waals surface area (Å²) in [4.78, 5) is 2.00. The molecular weight excluding hydrogens is 158 g/mol. The largest absolute Gasteiger partial charge is 0.312 e. The summed E-state index contributed by atoms with van der Waals surface area (Å²) < 4.78 is 1.52. The summed E-state index contributed by atoms with van der Waals surface area (Å²) in [6, 6.07) is 4.25. The molecule has 58 valence electrons. The van der Waals surface area contributed by atoms with Gasteiger partial charge in [0.1, 0.15) is 0 Å². The average Bonchev–Trinajstić information content (AvgIpc) is 2.15. The molecule has 0 aromatic carbocycles. The maximum absolute atomic E-state index is 2.16. The van der Waals surface area contributed by atoms with Crippen molar-refractivity contribution in [2.75, 3.05) is 21.1 Å². The van der Waals surface area contributed by atoms with Crippen LogP contribution in [0.15, 0.2) is 17.5 Å². The molecule has 0 amide bonds. The molecule has 1 aromatic heterocycles. The van der Waals surface area contributed by atoms with E-state index in [0.717, 1.165) is 0 Å². The van der Waals surface area contributed by atoms with Crippen LogP contribution in [0.5, 0.6) is 0 Å². The molecule has 0 unspecified atom stereocenters. The number of rotatable bonds is 0. The predicted molar refractivity (Wildman–Crippen MR) is 53.5 cm³/mol. The van der Waals surface area contributed by atoms with Gasteiger partial charge in [-0.3, -0.25) is 0 Å². The molecule has 1 rings (SSSR count). The van der Waals surface area contributed by atoms with E-state index in [-0.39, 0.29) is 0 Å². The third-order valence-corrected chi connectivity index (χ3v) is 2.50. The van der Waals surface area contributed by atoms with Gasteiger partial charge >= 0.3 is 0 Å². The van der Waals surface area contributed by atoms with Crippen LogP contribution < -0.4 is 4.50 Å². The lowest BCUT2D eigenvalue weighted by atomic mass is 10.7. The van der Waals surface area contributed by atoms with Crippen molar-refractivity contribution in [3.05, 3.63) is 17.5 Å². The lowest BCUT2D eigenvalue weighted by Gasteiger charge is -1.90. The quantitative estimate of drug-likeness (QED) is 0.496. The fraction of sp³-hybridized carbons (Fsp3) is 0.429. The van der Waals surface area contributed by atoms with Crippen LogP contribution in [0.25, 0.3) is 0 Å². The number of thiophene rings is 1. The smallest absolute Gasteiger partial charge is 0.0513 e. The van der Waals surface area contributed by atoms with E-state index < -0.39 is 0 Å². The molecule has 0 saturated carbocycles. The van der Waals surface area contributed by atoms with Crippen molar-refractivity contribution in [2.24, 2.45) is 0 Å². The van der Waals surface area contributed by atoms with Gasteiger partial charge in [0.05, 0.1) is 10.2 Å². The molecule has 0 bridgehead atoms. The molecule has 0 radical (unpaired) electrons. The summed E-state index contributed by atoms with van der Waals surface area (Å²) in [5.74, 6) is 0. The zero-order chi connectivity index (χ0) is 7.98. The monoisotopic (exact) mass is 173 g/mol. The first kappa shape index (κ1) is 9.88. The Morgan fingerprint density at radius 1 is 1.40 bits per heavy atom. The van der Waals surface area contributed by atoms with Crippen molar-refractivity contribution in [2.45, 2.75) is 0 Å². The maximum atomic E-state index is 2.16. The Balaban J connectivity index is 0.000000180. The minimum absolute atomic E-state index is 1.21. The number of hydrogen-bond acceptors (Lipinski definition) is 2. The molecule has 0 aliphatic heterocycles. The first-order valence-corrected chi connectivity index (χ1v) is 5.12. The molecule has 1 nitrogen and oxygen atoms in total. The molecule has 1 heterocycles. The Morgan fingerprint density at radius 2 is 1.90 bits per heavy atom. The van der Waals surface area contributed by atoms with Gasteiger partial charge < -0.3 is 4.90 Å². The van der Waals surface area contributed by atoms with Gasteiger partial charge in [0.25, 0.3) is 0 Å². The van der Waals surface area contributed by atoms with Crippen LogP contribution >= 0.6 is 11.3 Å². The van der Waals surface area contributed by atoms with Crippen LogP contribution in [0.3, 0.4) is 0 Å². The van der Waals surface area contributed by atoms with Gasteiger partial charge in [-0.05, 0) is 31.0 Å². The molecule has 0 saturated heterocycles. The van der Waals surface area contributed by atoms with Crippen LogP contribution in [0.4, 0.5) is 0 Å². The Morgan fingerprint density at radius 3 is 2.00 bits per heavy atom. The van der Waals surface area contributed by atoms with Crippen LogP contribution in [0.1, 0.15) is 0 Å². The van der Waals surface area contributed by atoms with Crippen LogP contribution in [-0.2, 0) is 0 Å². The SMILES string of the molecule is CN(C)C.[SiH3]c1cccs1. The molecule has 0 N–H and O–H groups in total. The van der Waals surface area contributed by atoms with Gasteiger partial charge in [0, 0.05) is 0 Å². The van der Waals surface area contributed by atoms with Crippen molar-refractivity contribution in [3.63, 3.8) is 0 Å². The van der Waals surface area contributed by atoms with Crippen molar-refractivity contribution in [1.29, 1.82) is 0 Å². The van der Waals surface area contributed by atoms with Crippen LogP contribution in [0, 0.1) is 0 Å². The highest BCUT2D eigenvalue weighted by atomic mass is 32.1. The van der Waals surface area contributed by atoms with E-state index in [2.05, 4.69) is 17.5 Å². The number of nitrogens with zero attached hydrogens (tertiary/aromatic N) is 1. The zero-order valence-corrected chi connectivity index (χ0v) is 9.90. The lowest BCUT2D eigenvalue weighted by molar-refractivity contribution is 0.505. The average molecular weight is 173 g/mol. The highest BCUT2D eigenvalue weighted by Crippen LogP contribution is 1.87. The predicted octanol–water partition coefficient (Wildman–Crippen LogP) is -0.0834. The summed E-state index contributed by atoms with van der Waals surface area (Å²) in [5, 5.41) is 2.11. The summed E-state index contributed by atoms with van der Waals surface area (Å²) >= 11 is 1.84. The Bertz CT molecular complexity index is 146. The molecule has 0 spiro atoms. The van der Waals surface area contributed by atoms with Gasteiger partial charge in [-0.15, -0.1) is 0 Å². The highest BCUT2D eigenvalue weighted by Gasteiger charge is 1.74. The minimum atomic E-state index is 1.21. The summed E-state index contributed by atoms with van der Waals surface area (Å²) in [5.41, 5.74) is 0. The second kappa shape index (κ2) is 5.65. The van der Waals surface area contributed by atoms with Crippen LogP contribution in [0.2, 0.25) is 0 Å². The van der Waals surface area contributed by atoms with E-state index in [0.29, 0.717) is 0 Å². The third-order valence-electron chi connectivity index (χ3n) is 0.663. The second-order valence-corrected chi connectivity index (χ2v) is 5.52. The van der Waals surface area contributed by atoms with Gasteiger partial charge in [-0.1, -0.05) is 12.1 Å². The van der Waals surface area contributed by atoms with Gasteiger partial charge in [-0.2, -0.15) is 11.3 Å². The normalized spacial score (nSPS) is 9.20. The number of hydrogen-bond donors (Lipinski definition) is 0. The molecule has 1 aromatic rings. The van der Waals surface area contributed by atoms with Crippen LogP contribution in [-0.4, -0.2) is 36.3 Å². The highest BCUT2D eigenvalue weighted by molar-refractivity contribution is 7.18. The van der Waals surface area contributed by atoms with E-state index in [1.807, 2.05) is 37.4 Å². The summed E-state index contributed by atoms with van der Waals surface area (Å²) in [6.07, 6.45) is 0. The standard InChI is InChI=1S/C4H6SSi.C3H9N/c6-4-2-1-3-5-4;1-4(2)3/h1-3H,6H3;1-3H3. The Labute approximate surface area is 70.1 Å². The Hall–Kier alpha value is -0.123. The van der Waals surface area contributed by atoms with Crippen molar-refractivity contribution in [3.8, 4) is 0 Å². The molecule has 0 atom stereocenters. The van der Waals surface area contributed by atoms with E-state index >= 15 is 0 Å². The van der Waals surface area contributed by atoms with Gasteiger partial charge in [0.2, 0.25) is 0 Å². The molecular formula is C7H15NSSi. The molecule has 0 aliphatic carbocycles. The minimum Gasteiger partial charge on any atom is -0.312 e. The molecule has 3 heteroatoms. The van der Waals surface area contributed by atoms with Gasteiger partial charge in [-0.25, -0.2) is 0 Å². The first-order valence-electron chi connectivity index (χ1n) is 3.24. The Kier molecular flexibility index (Phi) is 5.58. The second-order valence-electron chi connectivity index (χ2n) is 2.57. The van der Waals surface area contributed by atoms with Crippen molar-refractivity contribution in [1.82, 2.24) is 4.90 Å². The molecule has 0 aliphatic rings. The van der Waals surface area contributed by atoms with E-state index in [1.165, 1.54) is 14.7 Å². The van der Waals surface area contributed by atoms with E-state index in [1.54, 1.807) is 0 Å². The van der Waals surface area contributed by atoms with Crippen molar-refractivity contribution >= 4 is 26.1 Å². The third kappa shape index (κ3) is 7.88. The van der Waals surface area contributed by atoms with E-state index in [4.69, 9.17) is 0 Å². The summed E-state index contributed by atoms with van der Waals surface area (Å²) in [7, 11) is 7.21. The summed E-state index contributed by atoms with van der Waals surface area (Å²) in [6.45, 7) is 0.